The van der Waals surface area contributed by atoms with E-state index in [0.717, 1.165) is 20.3 Å². The van der Waals surface area contributed by atoms with Gasteiger partial charge in [-0.2, -0.15) is 0 Å². The van der Waals surface area contributed by atoms with Gasteiger partial charge in [0.05, 0.1) is 23.5 Å². The number of ketones is 1. The SMILES string of the molecule is CCCCOC(=O)C(C(C)=O)C(C(=C(O)OC)[N+](=O)[O-])c1ccccc1S(C)(=O)=O. The standard InChI is InChI=1S/C19H25NO9S/c1-5-6-11-29-18(22)15(12(2)21)16(17(20(24)25)19(23)28-3)13-9-7-8-10-14(13)30(4,26)27/h7-10,15-16,23H,5-6,11H2,1-4H3. The maximum atomic E-state index is 12.7. The third-order valence-corrected chi connectivity index (χ3v) is 5.50. The number of sulfone groups is 1. The zero-order valence-electron chi connectivity index (χ0n) is 17.2. The van der Waals surface area contributed by atoms with Crippen molar-refractivity contribution in [3.63, 3.8) is 0 Å². The lowest BCUT2D eigenvalue weighted by molar-refractivity contribution is -0.436. The van der Waals surface area contributed by atoms with Crippen LogP contribution in [0.2, 0.25) is 0 Å². The van der Waals surface area contributed by atoms with Gasteiger partial charge in [-0.3, -0.25) is 19.7 Å². The molecule has 1 aromatic rings. The number of methoxy groups -OCH3 is 1. The van der Waals surface area contributed by atoms with Crippen LogP contribution in [0.5, 0.6) is 0 Å². The first-order valence-corrected chi connectivity index (χ1v) is 10.9. The van der Waals surface area contributed by atoms with Crippen molar-refractivity contribution in [3.8, 4) is 0 Å². The van der Waals surface area contributed by atoms with Crippen LogP contribution < -0.4 is 0 Å². The molecule has 0 aromatic heterocycles. The predicted molar refractivity (Wildman–Crippen MR) is 106 cm³/mol. The van der Waals surface area contributed by atoms with Crippen LogP contribution >= 0.6 is 0 Å². The first-order valence-electron chi connectivity index (χ1n) is 9.04. The molecule has 11 heteroatoms. The summed E-state index contributed by atoms with van der Waals surface area (Å²) in [6, 6.07) is 5.23. The van der Waals surface area contributed by atoms with Crippen LogP contribution in [0.3, 0.4) is 0 Å². The van der Waals surface area contributed by atoms with Gasteiger partial charge in [-0.05, 0) is 25.0 Å². The zero-order chi connectivity index (χ0) is 23.1. The second-order valence-corrected chi connectivity index (χ2v) is 8.53. The highest BCUT2D eigenvalue weighted by atomic mass is 32.2. The number of esters is 1. The Hall–Kier alpha value is -2.95. The Morgan fingerprint density at radius 2 is 1.87 bits per heavy atom. The first kappa shape index (κ1) is 25.1. The second-order valence-electron chi connectivity index (χ2n) is 6.55. The van der Waals surface area contributed by atoms with Gasteiger partial charge < -0.3 is 14.6 Å². The number of carbonyl (C=O) groups excluding carboxylic acids is 2. The molecule has 2 atom stereocenters. The number of rotatable bonds is 11. The summed E-state index contributed by atoms with van der Waals surface area (Å²) in [6.45, 7) is 2.86. The van der Waals surface area contributed by atoms with Gasteiger partial charge in [0.15, 0.2) is 9.84 Å². The fourth-order valence-electron chi connectivity index (χ4n) is 2.93. The lowest BCUT2D eigenvalue weighted by atomic mass is 9.81. The lowest BCUT2D eigenvalue weighted by Crippen LogP contribution is -2.34. The molecule has 1 aromatic carbocycles. The fourth-order valence-corrected chi connectivity index (χ4v) is 3.88. The number of aliphatic hydroxyl groups excluding tert-OH is 1. The third kappa shape index (κ3) is 6.02. The summed E-state index contributed by atoms with van der Waals surface area (Å²) in [5, 5.41) is 21.8. The van der Waals surface area contributed by atoms with Crippen molar-refractivity contribution in [1.82, 2.24) is 0 Å². The molecular weight excluding hydrogens is 418 g/mol. The summed E-state index contributed by atoms with van der Waals surface area (Å²) in [6.07, 6.45) is 2.09. The summed E-state index contributed by atoms with van der Waals surface area (Å²) in [5.41, 5.74) is -1.23. The number of ether oxygens (including phenoxy) is 2. The summed E-state index contributed by atoms with van der Waals surface area (Å²) in [7, 11) is -2.95. The fraction of sp³-hybridized carbons (Fsp3) is 0.474. The van der Waals surface area contributed by atoms with Crippen LogP contribution in [-0.2, 0) is 28.9 Å². The van der Waals surface area contributed by atoms with E-state index in [4.69, 9.17) is 4.74 Å². The molecule has 0 aliphatic heterocycles. The van der Waals surface area contributed by atoms with Gasteiger partial charge in [0.1, 0.15) is 17.6 Å². The van der Waals surface area contributed by atoms with Crippen LogP contribution in [0.15, 0.2) is 40.8 Å². The Balaban J connectivity index is 3.85. The van der Waals surface area contributed by atoms with Crippen molar-refractivity contribution in [1.29, 1.82) is 0 Å². The molecule has 1 rings (SSSR count). The lowest BCUT2D eigenvalue weighted by Gasteiger charge is -2.24. The molecule has 0 saturated heterocycles. The molecule has 0 amide bonds. The molecular formula is C19H25NO9S. The number of hydrogen-bond acceptors (Lipinski definition) is 9. The molecule has 0 bridgehead atoms. The van der Waals surface area contributed by atoms with Gasteiger partial charge in [0.25, 0.3) is 0 Å². The Morgan fingerprint density at radius 3 is 2.33 bits per heavy atom. The third-order valence-electron chi connectivity index (χ3n) is 4.32. The molecule has 0 radical (unpaired) electrons. The molecule has 0 saturated carbocycles. The molecule has 0 aliphatic rings. The highest BCUT2D eigenvalue weighted by molar-refractivity contribution is 7.90. The highest BCUT2D eigenvalue weighted by Crippen LogP contribution is 2.38. The first-order chi connectivity index (χ1) is 14.0. The van der Waals surface area contributed by atoms with E-state index in [9.17, 15) is 33.2 Å². The Morgan fingerprint density at radius 1 is 1.27 bits per heavy atom. The molecule has 2 unspecified atom stereocenters. The van der Waals surface area contributed by atoms with E-state index >= 15 is 0 Å². The van der Waals surface area contributed by atoms with Crippen LogP contribution in [-0.4, -0.2) is 50.2 Å². The number of aliphatic hydroxyl groups is 1. The number of hydrogen-bond donors (Lipinski definition) is 1. The van der Waals surface area contributed by atoms with E-state index in [1.54, 1.807) is 0 Å². The van der Waals surface area contributed by atoms with Gasteiger partial charge in [0, 0.05) is 6.26 Å². The zero-order valence-corrected chi connectivity index (χ0v) is 18.0. The molecule has 0 spiro atoms. The normalized spacial score (nSPS) is 14.3. The summed E-state index contributed by atoms with van der Waals surface area (Å²) >= 11 is 0. The summed E-state index contributed by atoms with van der Waals surface area (Å²) in [5.74, 6) is -6.55. The molecule has 0 aliphatic carbocycles. The number of allylic oxidation sites excluding steroid dienone is 1. The quantitative estimate of drug-likeness (QED) is 0.136. The van der Waals surface area contributed by atoms with Crippen molar-refractivity contribution in [2.45, 2.75) is 37.5 Å². The average Bonchev–Trinajstić information content (AvgIpc) is 2.66. The number of nitro groups is 1. The molecule has 0 heterocycles. The Bertz CT molecular complexity index is 937. The van der Waals surface area contributed by atoms with Crippen LogP contribution in [0.25, 0.3) is 0 Å². The van der Waals surface area contributed by atoms with Gasteiger partial charge in [0.2, 0.25) is 0 Å². The number of Topliss-reactive ketones (excluding diaryl/α,β-unsaturated/α-hetero) is 1. The van der Waals surface area contributed by atoms with E-state index in [1.165, 1.54) is 24.3 Å². The maximum absolute atomic E-state index is 12.7. The van der Waals surface area contributed by atoms with Gasteiger partial charge in [-0.25, -0.2) is 8.42 Å². The van der Waals surface area contributed by atoms with Crippen molar-refractivity contribution in [3.05, 3.63) is 51.6 Å². The van der Waals surface area contributed by atoms with Crippen LogP contribution in [0.4, 0.5) is 0 Å². The van der Waals surface area contributed by atoms with E-state index < -0.39 is 50.0 Å². The molecule has 0 fully saturated rings. The van der Waals surface area contributed by atoms with Crippen molar-refractivity contribution in [2.75, 3.05) is 20.0 Å². The molecule has 1 N–H and O–H groups in total. The van der Waals surface area contributed by atoms with Crippen LogP contribution in [0, 0.1) is 16.0 Å². The average molecular weight is 443 g/mol. The minimum Gasteiger partial charge on any atom is -0.476 e. The minimum absolute atomic E-state index is 0.0205. The largest absolute Gasteiger partial charge is 0.476 e. The number of benzene rings is 1. The number of carbonyl (C=O) groups is 2. The van der Waals surface area contributed by atoms with Gasteiger partial charge in [-0.1, -0.05) is 31.5 Å². The monoisotopic (exact) mass is 443 g/mol. The van der Waals surface area contributed by atoms with Gasteiger partial charge in [-0.15, -0.1) is 0 Å². The van der Waals surface area contributed by atoms with Crippen LogP contribution in [0.1, 0.15) is 38.2 Å². The topological polar surface area (TPSA) is 150 Å². The molecule has 10 nitrogen and oxygen atoms in total. The van der Waals surface area contributed by atoms with Crippen molar-refractivity contribution >= 4 is 21.6 Å². The van der Waals surface area contributed by atoms with E-state index in [0.29, 0.717) is 12.8 Å². The Labute approximate surface area is 174 Å². The predicted octanol–water partition coefficient (Wildman–Crippen LogP) is 2.37. The second kappa shape index (κ2) is 10.7. The van der Waals surface area contributed by atoms with E-state index in [-0.39, 0.29) is 17.1 Å². The van der Waals surface area contributed by atoms with Gasteiger partial charge >= 0.3 is 17.6 Å². The van der Waals surface area contributed by atoms with E-state index in [1.807, 2.05) is 6.92 Å². The minimum atomic E-state index is -3.91. The highest BCUT2D eigenvalue weighted by Gasteiger charge is 2.47. The molecule has 166 valence electrons. The Kier molecular flexibility index (Phi) is 8.96. The summed E-state index contributed by atoms with van der Waals surface area (Å²) in [4.78, 5) is 35.6. The number of unbranched alkanes of at least 4 members (excludes halogenated alkanes) is 1. The van der Waals surface area contributed by atoms with E-state index in [2.05, 4.69) is 4.74 Å². The summed E-state index contributed by atoms with van der Waals surface area (Å²) < 4.78 is 34.3. The maximum Gasteiger partial charge on any atom is 0.354 e. The molecule has 30 heavy (non-hydrogen) atoms. The smallest absolute Gasteiger partial charge is 0.354 e. The van der Waals surface area contributed by atoms with Crippen molar-refractivity contribution in [2.24, 2.45) is 5.92 Å². The number of nitrogens with zero attached hydrogens (tertiary/aromatic N) is 1. The van der Waals surface area contributed by atoms with Crippen molar-refractivity contribution < 1.29 is 37.5 Å².